The molecule has 7 nitrogen and oxygen atoms in total. The van der Waals surface area contributed by atoms with E-state index in [1.165, 1.54) is 0 Å². The number of aliphatic hydroxyl groups is 3. The second-order valence-electron chi connectivity index (χ2n) is 3.48. The summed E-state index contributed by atoms with van der Waals surface area (Å²) in [5.41, 5.74) is -0.253. The number of carbonyl (C=O) groups excluding carboxylic acids is 1. The normalized spacial score (nSPS) is 24.1. The number of allylic oxidation sites excluding steroid dienone is 1. The van der Waals surface area contributed by atoms with Gasteiger partial charge in [0.1, 0.15) is 0 Å². The lowest BCUT2D eigenvalue weighted by Gasteiger charge is -2.37. The average Bonchev–Trinajstić information content (AvgIpc) is 2.27. The predicted molar refractivity (Wildman–Crippen MR) is 56.3 cm³/mol. The number of aliphatic hydroxyl groups excluding tert-OH is 2. The van der Waals surface area contributed by atoms with Crippen LogP contribution < -0.4 is 15.7 Å². The molecule has 0 fully saturated rings. The van der Waals surface area contributed by atoms with Crippen molar-refractivity contribution in [2.45, 2.75) is 5.79 Å². The number of nitrogens with one attached hydrogen (secondary N) is 2. The average molecular weight is 243 g/mol. The standard InChI is InChI=1S/C10H15N2O5/c13-3-1-11-7-6-10(16,17)9(5-8(7)15)12-2-4-14/h5-6,11-14,16H,1-4H2/q-1. The van der Waals surface area contributed by atoms with Gasteiger partial charge in [-0.25, -0.2) is 0 Å². The Morgan fingerprint density at radius 2 is 1.82 bits per heavy atom. The van der Waals surface area contributed by atoms with E-state index in [1.54, 1.807) is 0 Å². The summed E-state index contributed by atoms with van der Waals surface area (Å²) in [5.74, 6) is -3.01. The predicted octanol–water partition coefficient (Wildman–Crippen LogP) is -3.45. The van der Waals surface area contributed by atoms with Gasteiger partial charge >= 0.3 is 0 Å². The second-order valence-corrected chi connectivity index (χ2v) is 3.48. The molecule has 0 aromatic rings. The molecule has 17 heavy (non-hydrogen) atoms. The zero-order chi connectivity index (χ0) is 12.9. The molecule has 0 aromatic heterocycles. The van der Waals surface area contributed by atoms with Crippen LogP contribution in [0.25, 0.3) is 0 Å². The van der Waals surface area contributed by atoms with E-state index in [9.17, 15) is 15.0 Å². The Bertz CT molecular complexity index is 349. The molecule has 96 valence electrons. The molecular weight excluding hydrogens is 228 g/mol. The zero-order valence-corrected chi connectivity index (χ0v) is 9.14. The molecule has 0 aromatic carbocycles. The maximum absolute atomic E-state index is 11.7. The highest BCUT2D eigenvalue weighted by atomic mass is 16.5. The molecule has 1 unspecified atom stereocenters. The van der Waals surface area contributed by atoms with E-state index in [4.69, 9.17) is 10.2 Å². The van der Waals surface area contributed by atoms with E-state index >= 15 is 0 Å². The minimum Gasteiger partial charge on any atom is -0.821 e. The summed E-state index contributed by atoms with van der Waals surface area (Å²) in [7, 11) is 0. The molecule has 1 atom stereocenters. The fourth-order valence-corrected chi connectivity index (χ4v) is 1.35. The van der Waals surface area contributed by atoms with Crippen molar-refractivity contribution in [1.82, 2.24) is 10.6 Å². The van der Waals surface area contributed by atoms with Crippen LogP contribution >= 0.6 is 0 Å². The Morgan fingerprint density at radius 1 is 1.24 bits per heavy atom. The molecular formula is C10H15N2O5-. The maximum atomic E-state index is 11.7. The van der Waals surface area contributed by atoms with Crippen LogP contribution in [0.1, 0.15) is 0 Å². The monoisotopic (exact) mass is 243 g/mol. The number of rotatable bonds is 6. The van der Waals surface area contributed by atoms with Crippen LogP contribution in [0.5, 0.6) is 0 Å². The van der Waals surface area contributed by atoms with Gasteiger partial charge in [0.15, 0.2) is 0 Å². The van der Waals surface area contributed by atoms with E-state index in [0.29, 0.717) is 0 Å². The van der Waals surface area contributed by atoms with Gasteiger partial charge in [0.2, 0.25) is 5.78 Å². The first-order chi connectivity index (χ1) is 8.01. The van der Waals surface area contributed by atoms with Gasteiger partial charge in [0.25, 0.3) is 0 Å². The van der Waals surface area contributed by atoms with Gasteiger partial charge < -0.3 is 31.1 Å². The van der Waals surface area contributed by atoms with Gasteiger partial charge in [-0.05, 0) is 6.08 Å². The summed E-state index contributed by atoms with van der Waals surface area (Å²) in [6.45, 7) is -0.236. The van der Waals surface area contributed by atoms with Gasteiger partial charge in [0, 0.05) is 24.9 Å². The maximum Gasteiger partial charge on any atom is 0.203 e. The molecule has 0 radical (unpaired) electrons. The summed E-state index contributed by atoms with van der Waals surface area (Å²) in [4.78, 5) is 11.5. The minimum atomic E-state index is -2.54. The van der Waals surface area contributed by atoms with Crippen molar-refractivity contribution in [1.29, 1.82) is 0 Å². The molecule has 0 aliphatic heterocycles. The second kappa shape index (κ2) is 5.78. The SMILES string of the molecule is O=C1C=C(NCCO)C([O-])(O)C=C1NCCO. The third-order valence-corrected chi connectivity index (χ3v) is 2.12. The van der Waals surface area contributed by atoms with Crippen LogP contribution in [0.3, 0.4) is 0 Å². The first kappa shape index (κ1) is 13.7. The van der Waals surface area contributed by atoms with Crippen LogP contribution in [0.4, 0.5) is 0 Å². The number of carbonyl (C=O) groups is 1. The summed E-state index contributed by atoms with van der Waals surface area (Å²) in [6.07, 6.45) is 1.81. The summed E-state index contributed by atoms with van der Waals surface area (Å²) in [6, 6.07) is 0. The number of ketones is 1. The van der Waals surface area contributed by atoms with Gasteiger partial charge in [-0.3, -0.25) is 4.79 Å². The molecule has 0 spiro atoms. The molecule has 0 bridgehead atoms. The third kappa shape index (κ3) is 3.53. The summed E-state index contributed by atoms with van der Waals surface area (Å²) >= 11 is 0. The Kier molecular flexibility index (Phi) is 4.64. The zero-order valence-electron chi connectivity index (χ0n) is 9.14. The van der Waals surface area contributed by atoms with Crippen molar-refractivity contribution in [3.8, 4) is 0 Å². The first-order valence-corrected chi connectivity index (χ1v) is 5.13. The Labute approximate surface area is 98.1 Å². The molecule has 7 heteroatoms. The Hall–Kier alpha value is -1.41. The third-order valence-electron chi connectivity index (χ3n) is 2.12. The quantitative estimate of drug-likeness (QED) is 0.307. The Balaban J connectivity index is 2.78. The lowest BCUT2D eigenvalue weighted by Crippen LogP contribution is -2.51. The van der Waals surface area contributed by atoms with E-state index in [-0.39, 0.29) is 37.7 Å². The molecule has 0 saturated carbocycles. The fraction of sp³-hybridized carbons (Fsp3) is 0.500. The molecule has 0 amide bonds. The smallest absolute Gasteiger partial charge is 0.203 e. The van der Waals surface area contributed by atoms with E-state index < -0.39 is 11.6 Å². The number of hydrogen-bond acceptors (Lipinski definition) is 7. The lowest BCUT2D eigenvalue weighted by molar-refractivity contribution is -0.512. The van der Waals surface area contributed by atoms with Crippen molar-refractivity contribution in [2.24, 2.45) is 0 Å². The Morgan fingerprint density at radius 3 is 2.41 bits per heavy atom. The van der Waals surface area contributed by atoms with Gasteiger partial charge in [-0.15, -0.1) is 0 Å². The van der Waals surface area contributed by atoms with Crippen molar-refractivity contribution >= 4 is 5.78 Å². The number of hydrogen-bond donors (Lipinski definition) is 5. The highest BCUT2D eigenvalue weighted by molar-refractivity contribution is 6.05. The summed E-state index contributed by atoms with van der Waals surface area (Å²) in [5, 5.41) is 43.4. The van der Waals surface area contributed by atoms with Crippen LogP contribution in [0, 0.1) is 0 Å². The van der Waals surface area contributed by atoms with Crippen molar-refractivity contribution < 1.29 is 25.2 Å². The molecule has 0 saturated heterocycles. The lowest BCUT2D eigenvalue weighted by atomic mass is 10.0. The van der Waals surface area contributed by atoms with Crippen molar-refractivity contribution in [3.05, 3.63) is 23.5 Å². The van der Waals surface area contributed by atoms with E-state index in [1.807, 2.05) is 0 Å². The van der Waals surface area contributed by atoms with Crippen LogP contribution in [-0.2, 0) is 4.79 Å². The topological polar surface area (TPSA) is 125 Å². The molecule has 1 aliphatic rings. The molecule has 1 rings (SSSR count). The summed E-state index contributed by atoms with van der Waals surface area (Å²) < 4.78 is 0. The van der Waals surface area contributed by atoms with Crippen molar-refractivity contribution in [2.75, 3.05) is 26.3 Å². The van der Waals surface area contributed by atoms with Crippen LogP contribution in [0.2, 0.25) is 0 Å². The van der Waals surface area contributed by atoms with Crippen molar-refractivity contribution in [3.63, 3.8) is 0 Å². The molecule has 0 heterocycles. The van der Waals surface area contributed by atoms with Gasteiger partial charge in [-0.1, -0.05) is 0 Å². The highest BCUT2D eigenvalue weighted by Gasteiger charge is 2.25. The van der Waals surface area contributed by atoms with E-state index in [0.717, 1.165) is 12.2 Å². The van der Waals surface area contributed by atoms with Gasteiger partial charge in [0.05, 0.1) is 24.7 Å². The fourth-order valence-electron chi connectivity index (χ4n) is 1.35. The largest absolute Gasteiger partial charge is 0.821 e. The van der Waals surface area contributed by atoms with Crippen LogP contribution in [0.15, 0.2) is 23.5 Å². The first-order valence-electron chi connectivity index (χ1n) is 5.13. The van der Waals surface area contributed by atoms with Gasteiger partial charge in [-0.2, -0.15) is 0 Å². The highest BCUT2D eigenvalue weighted by Crippen LogP contribution is 2.17. The molecule has 1 aliphatic carbocycles. The van der Waals surface area contributed by atoms with Crippen LogP contribution in [-0.4, -0.2) is 53.2 Å². The molecule has 5 N–H and O–H groups in total. The minimum absolute atomic E-state index is 0.0499. The van der Waals surface area contributed by atoms with E-state index in [2.05, 4.69) is 10.6 Å².